The van der Waals surface area contributed by atoms with Crippen LogP contribution in [0.1, 0.15) is 39.8 Å². The molecule has 0 bridgehead atoms. The van der Waals surface area contributed by atoms with E-state index in [1.807, 2.05) is 12.5 Å². The predicted octanol–water partition coefficient (Wildman–Crippen LogP) is 2.46. The van der Waals surface area contributed by atoms with Crippen molar-refractivity contribution in [3.8, 4) is 0 Å². The summed E-state index contributed by atoms with van der Waals surface area (Å²) in [5.74, 6) is 0.671. The summed E-state index contributed by atoms with van der Waals surface area (Å²) in [6.07, 6.45) is 5.32. The molecule has 114 valence electrons. The van der Waals surface area contributed by atoms with E-state index in [1.165, 1.54) is 38.3 Å². The van der Waals surface area contributed by atoms with Gasteiger partial charge in [-0.3, -0.25) is 9.80 Å². The third-order valence-electron chi connectivity index (χ3n) is 4.32. The highest BCUT2D eigenvalue weighted by atomic mass is 15.3. The van der Waals surface area contributed by atoms with Crippen LogP contribution in [-0.4, -0.2) is 51.6 Å². The summed E-state index contributed by atoms with van der Waals surface area (Å²) in [6.45, 7) is 15.9. The van der Waals surface area contributed by atoms with E-state index in [9.17, 15) is 0 Å². The average Bonchev–Trinajstić information content (AvgIpc) is 3.02. The van der Waals surface area contributed by atoms with E-state index in [1.54, 1.807) is 0 Å². The monoisotopic (exact) mass is 278 g/mol. The minimum Gasteiger partial charge on any atom is -0.333 e. The predicted molar refractivity (Wildman–Crippen MR) is 83.7 cm³/mol. The van der Waals surface area contributed by atoms with Crippen molar-refractivity contribution in [3.05, 3.63) is 18.2 Å². The number of likely N-dealkylation sites (tertiary alicyclic amines) is 1. The Morgan fingerprint density at radius 2 is 2.10 bits per heavy atom. The van der Waals surface area contributed by atoms with Gasteiger partial charge in [-0.15, -0.1) is 0 Å². The zero-order valence-electron chi connectivity index (χ0n) is 13.5. The van der Waals surface area contributed by atoms with Crippen molar-refractivity contribution in [2.45, 2.75) is 53.2 Å². The zero-order valence-corrected chi connectivity index (χ0v) is 13.5. The molecule has 0 amide bonds. The van der Waals surface area contributed by atoms with Gasteiger partial charge < -0.3 is 4.57 Å². The normalized spacial score (nSPS) is 20.4. The van der Waals surface area contributed by atoms with E-state index in [0.717, 1.165) is 19.1 Å². The number of hydrogen-bond acceptors (Lipinski definition) is 3. The molecule has 1 aromatic heterocycles. The molecule has 2 rings (SSSR count). The van der Waals surface area contributed by atoms with E-state index in [4.69, 9.17) is 0 Å². The summed E-state index contributed by atoms with van der Waals surface area (Å²) in [5.41, 5.74) is 1.36. The second-order valence-electron chi connectivity index (χ2n) is 6.33. The Labute approximate surface area is 123 Å². The standard InChI is InChI=1S/C16H30N4/c1-5-19(6-2)15-7-8-18(11-15)12-16-9-17-13-20(16)10-14(3)4/h9,13-15H,5-8,10-12H2,1-4H3/t15-/m0/s1. The van der Waals surface area contributed by atoms with Crippen LogP contribution in [-0.2, 0) is 13.1 Å². The van der Waals surface area contributed by atoms with Crippen molar-refractivity contribution >= 4 is 0 Å². The van der Waals surface area contributed by atoms with Gasteiger partial charge in [0.25, 0.3) is 0 Å². The van der Waals surface area contributed by atoms with Gasteiger partial charge in [0.2, 0.25) is 0 Å². The third kappa shape index (κ3) is 3.83. The molecule has 1 aliphatic rings. The maximum Gasteiger partial charge on any atom is 0.0948 e. The van der Waals surface area contributed by atoms with E-state index in [-0.39, 0.29) is 0 Å². The van der Waals surface area contributed by atoms with Gasteiger partial charge in [-0.05, 0) is 25.4 Å². The van der Waals surface area contributed by atoms with E-state index >= 15 is 0 Å². The van der Waals surface area contributed by atoms with Gasteiger partial charge in [0.15, 0.2) is 0 Å². The molecule has 1 fully saturated rings. The number of rotatable bonds is 7. The van der Waals surface area contributed by atoms with Crippen LogP contribution in [0.25, 0.3) is 0 Å². The molecule has 0 N–H and O–H groups in total. The minimum atomic E-state index is 0.671. The van der Waals surface area contributed by atoms with Gasteiger partial charge in [0, 0.05) is 38.4 Å². The van der Waals surface area contributed by atoms with Gasteiger partial charge >= 0.3 is 0 Å². The maximum absolute atomic E-state index is 4.33. The van der Waals surface area contributed by atoms with E-state index in [2.05, 4.69) is 47.0 Å². The highest BCUT2D eigenvalue weighted by Gasteiger charge is 2.26. The summed E-state index contributed by atoms with van der Waals surface area (Å²) in [6, 6.07) is 0.742. The first-order valence-corrected chi connectivity index (χ1v) is 8.09. The van der Waals surface area contributed by atoms with Gasteiger partial charge in [-0.2, -0.15) is 0 Å². The minimum absolute atomic E-state index is 0.671. The summed E-state index contributed by atoms with van der Waals surface area (Å²) in [5, 5.41) is 0. The molecule has 1 aromatic rings. The van der Waals surface area contributed by atoms with Gasteiger partial charge in [-0.1, -0.05) is 27.7 Å². The summed E-state index contributed by atoms with van der Waals surface area (Å²) in [7, 11) is 0. The smallest absolute Gasteiger partial charge is 0.0948 e. The Morgan fingerprint density at radius 3 is 2.75 bits per heavy atom. The van der Waals surface area contributed by atoms with Crippen LogP contribution in [0.2, 0.25) is 0 Å². The maximum atomic E-state index is 4.33. The number of imidazole rings is 1. The van der Waals surface area contributed by atoms with Crippen molar-refractivity contribution in [1.29, 1.82) is 0 Å². The quantitative estimate of drug-likeness (QED) is 0.766. The molecule has 0 aliphatic carbocycles. The molecule has 0 saturated carbocycles. The SMILES string of the molecule is CCN(CC)[C@H]1CCN(Cc2cncn2CC(C)C)C1. The second-order valence-corrected chi connectivity index (χ2v) is 6.33. The fourth-order valence-electron chi connectivity index (χ4n) is 3.26. The van der Waals surface area contributed by atoms with Crippen LogP contribution in [0.15, 0.2) is 12.5 Å². The van der Waals surface area contributed by atoms with Crippen LogP contribution < -0.4 is 0 Å². The van der Waals surface area contributed by atoms with Crippen LogP contribution in [0, 0.1) is 5.92 Å². The first kappa shape index (κ1) is 15.5. The highest BCUT2D eigenvalue weighted by molar-refractivity contribution is 5.00. The van der Waals surface area contributed by atoms with Crippen molar-refractivity contribution in [3.63, 3.8) is 0 Å². The lowest BCUT2D eigenvalue weighted by Crippen LogP contribution is -2.37. The lowest BCUT2D eigenvalue weighted by Gasteiger charge is -2.26. The molecule has 1 saturated heterocycles. The molecule has 2 heterocycles. The lowest BCUT2D eigenvalue weighted by atomic mass is 10.2. The Hall–Kier alpha value is -0.870. The number of aromatic nitrogens is 2. The molecule has 4 nitrogen and oxygen atoms in total. The van der Waals surface area contributed by atoms with Crippen LogP contribution >= 0.6 is 0 Å². The molecule has 4 heteroatoms. The van der Waals surface area contributed by atoms with E-state index in [0.29, 0.717) is 5.92 Å². The Balaban J connectivity index is 1.90. The molecule has 1 atom stereocenters. The first-order valence-electron chi connectivity index (χ1n) is 8.09. The first-order chi connectivity index (χ1) is 9.63. The van der Waals surface area contributed by atoms with Gasteiger partial charge in [-0.25, -0.2) is 4.98 Å². The van der Waals surface area contributed by atoms with Crippen LogP contribution in [0.5, 0.6) is 0 Å². The zero-order chi connectivity index (χ0) is 14.5. The number of hydrogen-bond donors (Lipinski definition) is 0. The molecule has 1 aliphatic heterocycles. The molecule has 0 aromatic carbocycles. The molecular formula is C16H30N4. The molecular weight excluding hydrogens is 248 g/mol. The van der Waals surface area contributed by atoms with Crippen molar-refractivity contribution in [2.24, 2.45) is 5.92 Å². The van der Waals surface area contributed by atoms with Crippen LogP contribution in [0.3, 0.4) is 0 Å². The van der Waals surface area contributed by atoms with Crippen LogP contribution in [0.4, 0.5) is 0 Å². The highest BCUT2D eigenvalue weighted by Crippen LogP contribution is 2.18. The van der Waals surface area contributed by atoms with Gasteiger partial charge in [0.05, 0.1) is 12.0 Å². The lowest BCUT2D eigenvalue weighted by molar-refractivity contribution is 0.207. The topological polar surface area (TPSA) is 24.3 Å². The second kappa shape index (κ2) is 7.23. The molecule has 0 spiro atoms. The number of likely N-dealkylation sites (N-methyl/N-ethyl adjacent to an activating group) is 1. The Kier molecular flexibility index (Phi) is 5.61. The summed E-state index contributed by atoms with van der Waals surface area (Å²) in [4.78, 5) is 9.50. The molecule has 0 radical (unpaired) electrons. The Morgan fingerprint density at radius 1 is 1.35 bits per heavy atom. The summed E-state index contributed by atoms with van der Waals surface area (Å²) >= 11 is 0. The van der Waals surface area contributed by atoms with Crippen molar-refractivity contribution < 1.29 is 0 Å². The number of nitrogens with zero attached hydrogens (tertiary/aromatic N) is 4. The average molecular weight is 278 g/mol. The van der Waals surface area contributed by atoms with E-state index < -0.39 is 0 Å². The third-order valence-corrected chi connectivity index (χ3v) is 4.32. The molecule has 20 heavy (non-hydrogen) atoms. The largest absolute Gasteiger partial charge is 0.333 e. The van der Waals surface area contributed by atoms with Crippen molar-refractivity contribution in [1.82, 2.24) is 19.4 Å². The fraction of sp³-hybridized carbons (Fsp3) is 0.812. The fourth-order valence-corrected chi connectivity index (χ4v) is 3.26. The Bertz CT molecular complexity index is 395. The summed E-state index contributed by atoms with van der Waals surface area (Å²) < 4.78 is 2.31. The van der Waals surface area contributed by atoms with Gasteiger partial charge in [0.1, 0.15) is 0 Å². The van der Waals surface area contributed by atoms with Crippen molar-refractivity contribution in [2.75, 3.05) is 26.2 Å². The molecule has 0 unspecified atom stereocenters.